The number of piperidine rings is 1. The molecular weight excluding hydrogens is 262 g/mol. The van der Waals surface area contributed by atoms with Crippen LogP contribution in [-0.4, -0.2) is 56.6 Å². The summed E-state index contributed by atoms with van der Waals surface area (Å²) in [4.78, 5) is 24.4. The lowest BCUT2D eigenvalue weighted by Crippen LogP contribution is -2.47. The highest BCUT2D eigenvalue weighted by Gasteiger charge is 2.27. The Labute approximate surface area is 116 Å². The molecule has 0 aromatic carbocycles. The van der Waals surface area contributed by atoms with E-state index in [0.29, 0.717) is 32.6 Å². The van der Waals surface area contributed by atoms with Crippen LogP contribution < -0.4 is 5.32 Å². The number of hydrogen-bond donors (Lipinski definition) is 2. The van der Waals surface area contributed by atoms with Crippen LogP contribution >= 0.6 is 0 Å². The lowest BCUT2D eigenvalue weighted by molar-refractivity contribution is -0.143. The largest absolute Gasteiger partial charge is 0.481 e. The van der Waals surface area contributed by atoms with Crippen molar-refractivity contribution in [3.8, 4) is 0 Å². The van der Waals surface area contributed by atoms with Crippen LogP contribution in [0.2, 0.25) is 0 Å². The SMILES string of the molecule is O=C(O)C1CCCN(C(=O)NCCCn2ccnn2)C1. The van der Waals surface area contributed by atoms with Gasteiger partial charge in [-0.2, -0.15) is 0 Å². The highest BCUT2D eigenvalue weighted by atomic mass is 16.4. The second kappa shape index (κ2) is 6.88. The Morgan fingerprint density at radius 3 is 3.00 bits per heavy atom. The first-order valence-corrected chi connectivity index (χ1v) is 6.76. The zero-order valence-corrected chi connectivity index (χ0v) is 11.2. The predicted molar refractivity (Wildman–Crippen MR) is 70.0 cm³/mol. The molecule has 0 aliphatic carbocycles. The van der Waals surface area contributed by atoms with Gasteiger partial charge in [0.05, 0.1) is 12.1 Å². The normalized spacial score (nSPS) is 18.8. The van der Waals surface area contributed by atoms with Crippen molar-refractivity contribution in [2.75, 3.05) is 19.6 Å². The van der Waals surface area contributed by atoms with Gasteiger partial charge in [-0.3, -0.25) is 9.48 Å². The maximum Gasteiger partial charge on any atom is 0.317 e. The lowest BCUT2D eigenvalue weighted by Gasteiger charge is -2.30. The van der Waals surface area contributed by atoms with Gasteiger partial charge in [-0.1, -0.05) is 5.21 Å². The molecule has 1 saturated heterocycles. The number of aromatic nitrogens is 3. The van der Waals surface area contributed by atoms with Gasteiger partial charge in [0.2, 0.25) is 0 Å². The number of hydrogen-bond acceptors (Lipinski definition) is 4. The third-order valence-corrected chi connectivity index (χ3v) is 3.37. The minimum atomic E-state index is -0.825. The van der Waals surface area contributed by atoms with Gasteiger partial charge >= 0.3 is 12.0 Å². The zero-order valence-electron chi connectivity index (χ0n) is 11.2. The Morgan fingerprint density at radius 2 is 2.30 bits per heavy atom. The van der Waals surface area contributed by atoms with Gasteiger partial charge in [0.15, 0.2) is 0 Å². The Morgan fingerprint density at radius 1 is 1.45 bits per heavy atom. The number of amides is 2. The molecule has 20 heavy (non-hydrogen) atoms. The number of carbonyl (C=O) groups is 2. The van der Waals surface area contributed by atoms with Crippen molar-refractivity contribution >= 4 is 12.0 Å². The van der Waals surface area contributed by atoms with Gasteiger partial charge in [-0.05, 0) is 19.3 Å². The molecule has 1 atom stereocenters. The van der Waals surface area contributed by atoms with Crippen LogP contribution in [-0.2, 0) is 11.3 Å². The molecule has 1 fully saturated rings. The van der Waals surface area contributed by atoms with Crippen molar-refractivity contribution in [3.63, 3.8) is 0 Å². The molecule has 2 heterocycles. The van der Waals surface area contributed by atoms with Crippen LogP contribution in [0.5, 0.6) is 0 Å². The van der Waals surface area contributed by atoms with Crippen molar-refractivity contribution in [2.24, 2.45) is 5.92 Å². The molecule has 8 heteroatoms. The van der Waals surface area contributed by atoms with Crippen molar-refractivity contribution in [1.82, 2.24) is 25.2 Å². The number of nitrogens with zero attached hydrogens (tertiary/aromatic N) is 4. The van der Waals surface area contributed by atoms with E-state index in [-0.39, 0.29) is 6.03 Å². The van der Waals surface area contributed by atoms with Crippen molar-refractivity contribution in [3.05, 3.63) is 12.4 Å². The summed E-state index contributed by atoms with van der Waals surface area (Å²) in [5.41, 5.74) is 0. The quantitative estimate of drug-likeness (QED) is 0.750. The molecule has 0 bridgehead atoms. The molecule has 1 unspecified atom stereocenters. The standard InChI is InChI=1S/C12H19N5O3/c18-11(19)10-3-1-6-16(9-10)12(20)13-4-2-7-17-8-5-14-15-17/h5,8,10H,1-4,6-7,9H2,(H,13,20)(H,18,19). The minimum Gasteiger partial charge on any atom is -0.481 e. The molecule has 1 aromatic rings. The van der Waals surface area contributed by atoms with Crippen LogP contribution in [0.25, 0.3) is 0 Å². The van der Waals surface area contributed by atoms with E-state index in [0.717, 1.165) is 12.8 Å². The molecule has 8 nitrogen and oxygen atoms in total. The number of carboxylic acid groups (broad SMARTS) is 1. The zero-order chi connectivity index (χ0) is 14.4. The molecule has 0 radical (unpaired) electrons. The van der Waals surface area contributed by atoms with Gasteiger partial charge < -0.3 is 15.3 Å². The summed E-state index contributed by atoms with van der Waals surface area (Å²) in [6.07, 6.45) is 5.52. The highest BCUT2D eigenvalue weighted by Crippen LogP contribution is 2.16. The Hall–Kier alpha value is -2.12. The fraction of sp³-hybridized carbons (Fsp3) is 0.667. The molecule has 1 aliphatic heterocycles. The van der Waals surface area contributed by atoms with Crippen molar-refractivity contribution in [2.45, 2.75) is 25.8 Å². The average molecular weight is 281 g/mol. The Kier molecular flexibility index (Phi) is 4.91. The van der Waals surface area contributed by atoms with E-state index in [1.807, 2.05) is 0 Å². The fourth-order valence-electron chi connectivity index (χ4n) is 2.26. The second-order valence-corrected chi connectivity index (χ2v) is 4.88. The van der Waals surface area contributed by atoms with E-state index < -0.39 is 11.9 Å². The summed E-state index contributed by atoms with van der Waals surface area (Å²) in [5, 5.41) is 19.3. The number of carboxylic acids is 1. The molecule has 0 saturated carbocycles. The van der Waals surface area contributed by atoms with Gasteiger partial charge in [0.1, 0.15) is 0 Å². The average Bonchev–Trinajstić information content (AvgIpc) is 2.96. The van der Waals surface area contributed by atoms with E-state index in [4.69, 9.17) is 5.11 Å². The second-order valence-electron chi connectivity index (χ2n) is 4.88. The topological polar surface area (TPSA) is 100 Å². The lowest BCUT2D eigenvalue weighted by atomic mass is 9.99. The van der Waals surface area contributed by atoms with E-state index >= 15 is 0 Å². The molecule has 2 amide bonds. The van der Waals surface area contributed by atoms with Crippen LogP contribution in [0.3, 0.4) is 0 Å². The van der Waals surface area contributed by atoms with Gasteiger partial charge in [0.25, 0.3) is 0 Å². The van der Waals surface area contributed by atoms with Crippen LogP contribution in [0.4, 0.5) is 4.79 Å². The van der Waals surface area contributed by atoms with Gasteiger partial charge in [-0.15, -0.1) is 5.10 Å². The summed E-state index contributed by atoms with van der Waals surface area (Å²) >= 11 is 0. The Bertz CT molecular complexity index is 448. The first kappa shape index (κ1) is 14.3. The maximum absolute atomic E-state index is 11.9. The Balaban J connectivity index is 1.67. The number of aryl methyl sites for hydroxylation is 1. The number of likely N-dealkylation sites (tertiary alicyclic amines) is 1. The first-order valence-electron chi connectivity index (χ1n) is 6.76. The summed E-state index contributed by atoms with van der Waals surface area (Å²) in [6, 6.07) is -0.186. The van der Waals surface area contributed by atoms with E-state index in [1.165, 1.54) is 0 Å². The van der Waals surface area contributed by atoms with Crippen molar-refractivity contribution < 1.29 is 14.7 Å². The number of rotatable bonds is 5. The van der Waals surface area contributed by atoms with Gasteiger partial charge in [0, 0.05) is 32.4 Å². The maximum atomic E-state index is 11.9. The van der Waals surface area contributed by atoms with Crippen molar-refractivity contribution in [1.29, 1.82) is 0 Å². The molecule has 1 aromatic heterocycles. The molecular formula is C12H19N5O3. The van der Waals surface area contributed by atoms with E-state index in [1.54, 1.807) is 22.0 Å². The molecule has 1 aliphatic rings. The molecule has 2 N–H and O–H groups in total. The van der Waals surface area contributed by atoms with E-state index in [2.05, 4.69) is 15.6 Å². The van der Waals surface area contributed by atoms with Crippen LogP contribution in [0.15, 0.2) is 12.4 Å². The summed E-state index contributed by atoms with van der Waals surface area (Å²) in [5.74, 6) is -1.27. The number of nitrogens with one attached hydrogen (secondary N) is 1. The first-order chi connectivity index (χ1) is 9.66. The third-order valence-electron chi connectivity index (χ3n) is 3.37. The minimum absolute atomic E-state index is 0.186. The number of carbonyl (C=O) groups excluding carboxylic acids is 1. The molecule has 110 valence electrons. The summed E-state index contributed by atoms with van der Waals surface area (Å²) in [7, 11) is 0. The monoisotopic (exact) mass is 281 g/mol. The smallest absolute Gasteiger partial charge is 0.317 e. The molecule has 2 rings (SSSR count). The number of urea groups is 1. The molecule has 0 spiro atoms. The van der Waals surface area contributed by atoms with Crippen LogP contribution in [0.1, 0.15) is 19.3 Å². The third kappa shape index (κ3) is 3.94. The summed E-state index contributed by atoms with van der Waals surface area (Å²) < 4.78 is 1.70. The number of aliphatic carboxylic acids is 1. The van der Waals surface area contributed by atoms with Crippen LogP contribution in [0, 0.1) is 5.92 Å². The van der Waals surface area contributed by atoms with E-state index in [9.17, 15) is 9.59 Å². The fourth-order valence-corrected chi connectivity index (χ4v) is 2.26. The summed E-state index contributed by atoms with van der Waals surface area (Å²) in [6.45, 7) is 2.15. The highest BCUT2D eigenvalue weighted by molar-refractivity contribution is 5.76. The predicted octanol–water partition coefficient (Wildman–Crippen LogP) is 0.174. The van der Waals surface area contributed by atoms with Gasteiger partial charge in [-0.25, -0.2) is 4.79 Å².